The van der Waals surface area contributed by atoms with Crippen LogP contribution in [0.3, 0.4) is 0 Å². The molecule has 0 aromatic carbocycles. The first kappa shape index (κ1) is 18.4. The normalized spacial score (nSPS) is 27.3. The summed E-state index contributed by atoms with van der Waals surface area (Å²) in [5, 5.41) is 0. The summed E-state index contributed by atoms with van der Waals surface area (Å²) < 4.78 is 0. The van der Waals surface area contributed by atoms with E-state index in [4.69, 9.17) is 11.5 Å². The van der Waals surface area contributed by atoms with Gasteiger partial charge in [0.15, 0.2) is 0 Å². The quantitative estimate of drug-likeness (QED) is 0.789. The molecule has 0 aliphatic heterocycles. The van der Waals surface area contributed by atoms with Crippen LogP contribution in [0.15, 0.2) is 0 Å². The number of rotatable bonds is 6. The molecule has 4 heteroatoms. The molecule has 124 valence electrons. The SMILES string of the molecule is CC(C)CN(CC(N)=O)C1CC(C(C)(C)C)CCC1CN. The van der Waals surface area contributed by atoms with Gasteiger partial charge in [-0.05, 0) is 49.0 Å². The molecule has 3 unspecified atom stereocenters. The van der Waals surface area contributed by atoms with Crippen LogP contribution in [0.25, 0.3) is 0 Å². The second kappa shape index (κ2) is 7.59. The number of primary amides is 1. The average Bonchev–Trinajstić information content (AvgIpc) is 2.35. The molecule has 0 spiro atoms. The van der Waals surface area contributed by atoms with Gasteiger partial charge in [0.25, 0.3) is 0 Å². The lowest BCUT2D eigenvalue weighted by molar-refractivity contribution is -0.120. The molecule has 0 aromatic heterocycles. The largest absolute Gasteiger partial charge is 0.369 e. The highest BCUT2D eigenvalue weighted by Gasteiger charge is 2.38. The standard InChI is InChI=1S/C17H35N3O/c1-12(2)10-20(11-16(19)21)15-8-14(17(3,4)5)7-6-13(15)9-18/h12-15H,6-11,18H2,1-5H3,(H2,19,21). The van der Waals surface area contributed by atoms with Crippen LogP contribution >= 0.6 is 0 Å². The van der Waals surface area contributed by atoms with Gasteiger partial charge in [-0.1, -0.05) is 34.6 Å². The molecular weight excluding hydrogens is 262 g/mol. The molecule has 1 aliphatic rings. The fourth-order valence-electron chi connectivity index (χ4n) is 3.70. The number of carbonyl (C=O) groups excluding carboxylic acids is 1. The van der Waals surface area contributed by atoms with Crippen molar-refractivity contribution >= 4 is 5.91 Å². The van der Waals surface area contributed by atoms with E-state index in [0.29, 0.717) is 42.3 Å². The third-order valence-electron chi connectivity index (χ3n) is 4.91. The van der Waals surface area contributed by atoms with Crippen LogP contribution in [0, 0.1) is 23.2 Å². The van der Waals surface area contributed by atoms with Gasteiger partial charge in [0, 0.05) is 12.6 Å². The molecule has 0 saturated heterocycles. The van der Waals surface area contributed by atoms with E-state index in [9.17, 15) is 4.79 Å². The fraction of sp³-hybridized carbons (Fsp3) is 0.941. The van der Waals surface area contributed by atoms with Gasteiger partial charge >= 0.3 is 0 Å². The molecule has 3 atom stereocenters. The fourth-order valence-corrected chi connectivity index (χ4v) is 3.70. The van der Waals surface area contributed by atoms with Crippen LogP contribution in [-0.4, -0.2) is 36.5 Å². The Morgan fingerprint density at radius 2 is 1.90 bits per heavy atom. The van der Waals surface area contributed by atoms with E-state index in [1.54, 1.807) is 0 Å². The highest BCUT2D eigenvalue weighted by molar-refractivity contribution is 5.75. The molecule has 4 N–H and O–H groups in total. The third-order valence-corrected chi connectivity index (χ3v) is 4.91. The summed E-state index contributed by atoms with van der Waals surface area (Å²) in [6, 6.07) is 0.392. The van der Waals surface area contributed by atoms with Crippen LogP contribution < -0.4 is 11.5 Å². The Hall–Kier alpha value is -0.610. The Labute approximate surface area is 130 Å². The Morgan fingerprint density at radius 1 is 1.29 bits per heavy atom. The summed E-state index contributed by atoms with van der Waals surface area (Å²) in [7, 11) is 0. The van der Waals surface area contributed by atoms with Gasteiger partial charge in [0.1, 0.15) is 0 Å². The molecule has 1 aliphatic carbocycles. The maximum Gasteiger partial charge on any atom is 0.231 e. The number of amides is 1. The number of hydrogen-bond acceptors (Lipinski definition) is 3. The number of carbonyl (C=O) groups is 1. The molecule has 0 bridgehead atoms. The third kappa shape index (κ3) is 5.59. The summed E-state index contributed by atoms with van der Waals surface area (Å²) in [6.07, 6.45) is 3.54. The van der Waals surface area contributed by atoms with Crippen molar-refractivity contribution in [2.24, 2.45) is 34.6 Å². The van der Waals surface area contributed by atoms with E-state index in [1.165, 1.54) is 6.42 Å². The van der Waals surface area contributed by atoms with E-state index >= 15 is 0 Å². The Morgan fingerprint density at radius 3 is 2.33 bits per heavy atom. The monoisotopic (exact) mass is 297 g/mol. The van der Waals surface area contributed by atoms with E-state index < -0.39 is 0 Å². The first-order valence-corrected chi connectivity index (χ1v) is 8.37. The molecule has 0 radical (unpaired) electrons. The second-order valence-electron chi connectivity index (χ2n) is 8.23. The summed E-state index contributed by atoms with van der Waals surface area (Å²) in [6.45, 7) is 13.3. The topological polar surface area (TPSA) is 72.3 Å². The summed E-state index contributed by atoms with van der Waals surface area (Å²) >= 11 is 0. The highest BCUT2D eigenvalue weighted by Crippen LogP contribution is 2.41. The number of nitrogens with zero attached hydrogens (tertiary/aromatic N) is 1. The van der Waals surface area contributed by atoms with Crippen molar-refractivity contribution in [1.82, 2.24) is 4.90 Å². The minimum atomic E-state index is -0.232. The lowest BCUT2D eigenvalue weighted by Crippen LogP contribution is -2.52. The van der Waals surface area contributed by atoms with Gasteiger partial charge in [-0.15, -0.1) is 0 Å². The molecule has 0 aromatic rings. The lowest BCUT2D eigenvalue weighted by Gasteiger charge is -2.46. The maximum absolute atomic E-state index is 11.5. The second-order valence-corrected chi connectivity index (χ2v) is 8.23. The maximum atomic E-state index is 11.5. The van der Waals surface area contributed by atoms with Crippen LogP contribution in [0.1, 0.15) is 53.9 Å². The van der Waals surface area contributed by atoms with Gasteiger partial charge in [-0.3, -0.25) is 9.69 Å². The molecular formula is C17H35N3O. The summed E-state index contributed by atoms with van der Waals surface area (Å²) in [5.74, 6) is 1.47. The Bertz CT molecular complexity index is 335. The van der Waals surface area contributed by atoms with Crippen LogP contribution in [0.5, 0.6) is 0 Å². The highest BCUT2D eigenvalue weighted by atomic mass is 16.1. The van der Waals surface area contributed by atoms with Crippen molar-refractivity contribution < 1.29 is 4.79 Å². The Balaban J connectivity index is 2.90. The predicted molar refractivity (Wildman–Crippen MR) is 88.7 cm³/mol. The van der Waals surface area contributed by atoms with Gasteiger partial charge in [0.05, 0.1) is 6.54 Å². The smallest absolute Gasteiger partial charge is 0.231 e. The zero-order valence-electron chi connectivity index (χ0n) is 14.6. The first-order valence-electron chi connectivity index (χ1n) is 8.37. The van der Waals surface area contributed by atoms with Gasteiger partial charge < -0.3 is 11.5 Å². The molecule has 1 fully saturated rings. The van der Waals surface area contributed by atoms with Crippen molar-refractivity contribution in [3.05, 3.63) is 0 Å². The van der Waals surface area contributed by atoms with Crippen molar-refractivity contribution in [1.29, 1.82) is 0 Å². The van der Waals surface area contributed by atoms with Crippen molar-refractivity contribution in [3.8, 4) is 0 Å². The zero-order chi connectivity index (χ0) is 16.2. The van der Waals surface area contributed by atoms with E-state index in [-0.39, 0.29) is 5.91 Å². The van der Waals surface area contributed by atoms with E-state index in [1.807, 2.05) is 0 Å². The predicted octanol–water partition coefficient (Wildman–Crippen LogP) is 2.22. The van der Waals surface area contributed by atoms with Gasteiger partial charge in [0.2, 0.25) is 5.91 Å². The minimum absolute atomic E-state index is 0.232. The van der Waals surface area contributed by atoms with Gasteiger partial charge in [-0.25, -0.2) is 0 Å². The summed E-state index contributed by atoms with van der Waals surface area (Å²) in [5.41, 5.74) is 11.8. The number of nitrogens with two attached hydrogens (primary N) is 2. The minimum Gasteiger partial charge on any atom is -0.369 e. The molecule has 21 heavy (non-hydrogen) atoms. The van der Waals surface area contributed by atoms with Crippen LogP contribution in [0.4, 0.5) is 0 Å². The first-order chi connectivity index (χ1) is 9.65. The molecule has 1 saturated carbocycles. The molecule has 0 heterocycles. The lowest BCUT2D eigenvalue weighted by atomic mass is 9.67. The van der Waals surface area contributed by atoms with Crippen molar-refractivity contribution in [2.45, 2.75) is 59.9 Å². The molecule has 1 amide bonds. The van der Waals surface area contributed by atoms with Crippen molar-refractivity contribution in [2.75, 3.05) is 19.6 Å². The summed E-state index contributed by atoms with van der Waals surface area (Å²) in [4.78, 5) is 13.8. The van der Waals surface area contributed by atoms with Crippen LogP contribution in [0.2, 0.25) is 0 Å². The molecule has 4 nitrogen and oxygen atoms in total. The Kier molecular flexibility index (Phi) is 6.67. The number of hydrogen-bond donors (Lipinski definition) is 2. The van der Waals surface area contributed by atoms with Crippen LogP contribution in [-0.2, 0) is 4.79 Å². The van der Waals surface area contributed by atoms with E-state index in [2.05, 4.69) is 39.5 Å². The molecule has 1 rings (SSSR count). The van der Waals surface area contributed by atoms with Crippen molar-refractivity contribution in [3.63, 3.8) is 0 Å². The van der Waals surface area contributed by atoms with Gasteiger partial charge in [-0.2, -0.15) is 0 Å². The average molecular weight is 297 g/mol. The zero-order valence-corrected chi connectivity index (χ0v) is 14.6. The van der Waals surface area contributed by atoms with E-state index in [0.717, 1.165) is 19.4 Å².